The van der Waals surface area contributed by atoms with E-state index in [0.717, 1.165) is 11.1 Å². The van der Waals surface area contributed by atoms with Crippen molar-refractivity contribution in [3.63, 3.8) is 0 Å². The van der Waals surface area contributed by atoms with Crippen LogP contribution in [0.2, 0.25) is 10.0 Å². The Hall–Kier alpha value is -2.04. The van der Waals surface area contributed by atoms with Crippen LogP contribution >= 0.6 is 23.2 Å². The second-order valence-corrected chi connectivity index (χ2v) is 7.14. The minimum Gasteiger partial charge on any atom is -0.445 e. The van der Waals surface area contributed by atoms with Crippen molar-refractivity contribution in [1.82, 2.24) is 5.32 Å². The number of ether oxygens (including phenoxy) is 1. The number of benzene rings is 2. The first-order valence-corrected chi connectivity index (χ1v) is 8.63. The summed E-state index contributed by atoms with van der Waals surface area (Å²) in [6.07, 6.45) is 0.328. The number of nitrogens with one attached hydrogen (secondary N) is 1. The largest absolute Gasteiger partial charge is 0.445 e. The maximum Gasteiger partial charge on any atom is 0.339 e. The summed E-state index contributed by atoms with van der Waals surface area (Å²) in [5, 5.41) is 3.76. The van der Waals surface area contributed by atoms with Gasteiger partial charge >= 0.3 is 5.97 Å². The molecule has 1 aliphatic rings. The summed E-state index contributed by atoms with van der Waals surface area (Å²) in [5.74, 6) is -0.837. The Bertz CT molecular complexity index is 852. The van der Waals surface area contributed by atoms with Gasteiger partial charge in [0.2, 0.25) is 0 Å². The zero-order valence-electron chi connectivity index (χ0n) is 13.8. The Morgan fingerprint density at radius 1 is 1.20 bits per heavy atom. The molecule has 2 aromatic carbocycles. The molecule has 1 heterocycles. The molecule has 0 spiro atoms. The SMILES string of the molecule is CC(NC(=O)C1(C)Cc2ccccc2C(=O)O1)c1ccc(Cl)c(Cl)c1. The highest BCUT2D eigenvalue weighted by atomic mass is 35.5. The number of cyclic esters (lactones) is 1. The standard InChI is InChI=1S/C19H17Cl2NO3/c1-11(12-7-8-15(20)16(21)9-12)22-18(24)19(2)10-13-5-3-4-6-14(13)17(23)25-19/h3-9,11H,10H2,1-2H3,(H,22,24). The van der Waals surface area contributed by atoms with Crippen LogP contribution in [-0.2, 0) is 16.0 Å². The smallest absolute Gasteiger partial charge is 0.339 e. The lowest BCUT2D eigenvalue weighted by Crippen LogP contribution is -2.52. The maximum atomic E-state index is 12.8. The average molecular weight is 378 g/mol. The zero-order chi connectivity index (χ0) is 18.2. The van der Waals surface area contributed by atoms with Gasteiger partial charge in [-0.25, -0.2) is 4.79 Å². The monoisotopic (exact) mass is 377 g/mol. The van der Waals surface area contributed by atoms with Gasteiger partial charge in [0.1, 0.15) is 0 Å². The van der Waals surface area contributed by atoms with Crippen LogP contribution in [-0.4, -0.2) is 17.5 Å². The van der Waals surface area contributed by atoms with Crippen LogP contribution in [0.25, 0.3) is 0 Å². The van der Waals surface area contributed by atoms with E-state index >= 15 is 0 Å². The van der Waals surface area contributed by atoms with Gasteiger partial charge in [-0.1, -0.05) is 47.5 Å². The number of hydrogen-bond acceptors (Lipinski definition) is 3. The van der Waals surface area contributed by atoms with Crippen LogP contribution in [0.4, 0.5) is 0 Å². The zero-order valence-corrected chi connectivity index (χ0v) is 15.3. The van der Waals surface area contributed by atoms with E-state index in [1.54, 1.807) is 37.3 Å². The quantitative estimate of drug-likeness (QED) is 0.809. The molecule has 1 N–H and O–H groups in total. The van der Waals surface area contributed by atoms with Crippen LogP contribution in [0.1, 0.15) is 41.4 Å². The van der Waals surface area contributed by atoms with E-state index < -0.39 is 11.6 Å². The molecule has 0 radical (unpaired) electrons. The van der Waals surface area contributed by atoms with E-state index in [2.05, 4.69) is 5.32 Å². The molecule has 130 valence electrons. The lowest BCUT2D eigenvalue weighted by Gasteiger charge is -2.34. The highest BCUT2D eigenvalue weighted by molar-refractivity contribution is 6.42. The normalized spacial score (nSPS) is 20.4. The number of halogens is 2. The fourth-order valence-corrected chi connectivity index (χ4v) is 3.18. The van der Waals surface area contributed by atoms with Crippen molar-refractivity contribution in [2.75, 3.05) is 0 Å². The van der Waals surface area contributed by atoms with E-state index in [0.29, 0.717) is 22.0 Å². The minimum atomic E-state index is -1.25. The third kappa shape index (κ3) is 3.51. The number of carbonyl (C=O) groups is 2. The van der Waals surface area contributed by atoms with Crippen LogP contribution in [0.5, 0.6) is 0 Å². The first-order chi connectivity index (χ1) is 11.8. The lowest BCUT2D eigenvalue weighted by atomic mass is 9.89. The Kier molecular flexibility index (Phi) is 4.76. The molecule has 4 nitrogen and oxygen atoms in total. The summed E-state index contributed by atoms with van der Waals surface area (Å²) < 4.78 is 5.44. The van der Waals surface area contributed by atoms with Gasteiger partial charge in [-0.2, -0.15) is 0 Å². The van der Waals surface area contributed by atoms with Crippen molar-refractivity contribution in [3.05, 3.63) is 69.2 Å². The third-order valence-electron chi connectivity index (χ3n) is 4.35. The second-order valence-electron chi connectivity index (χ2n) is 6.32. The molecule has 0 saturated carbocycles. The number of rotatable bonds is 3. The highest BCUT2D eigenvalue weighted by Crippen LogP contribution is 2.30. The molecule has 0 bridgehead atoms. The topological polar surface area (TPSA) is 55.4 Å². The molecule has 2 atom stereocenters. The lowest BCUT2D eigenvalue weighted by molar-refractivity contribution is -0.140. The van der Waals surface area contributed by atoms with Gasteiger partial charge < -0.3 is 10.1 Å². The number of esters is 1. The number of fused-ring (bicyclic) bond motifs is 1. The highest BCUT2D eigenvalue weighted by Gasteiger charge is 2.42. The van der Waals surface area contributed by atoms with Crippen molar-refractivity contribution in [2.45, 2.75) is 31.9 Å². The second kappa shape index (κ2) is 6.70. The van der Waals surface area contributed by atoms with Gasteiger partial charge in [0.25, 0.3) is 5.91 Å². The van der Waals surface area contributed by atoms with Crippen LogP contribution in [0, 0.1) is 0 Å². The molecule has 0 saturated heterocycles. The van der Waals surface area contributed by atoms with Crippen LogP contribution in [0.15, 0.2) is 42.5 Å². The molecule has 0 aliphatic carbocycles. The van der Waals surface area contributed by atoms with Gasteiger partial charge in [-0.05, 0) is 43.2 Å². The molecule has 0 fully saturated rings. The minimum absolute atomic E-state index is 0.310. The number of amides is 1. The molecule has 2 aromatic rings. The van der Waals surface area contributed by atoms with Gasteiger partial charge in [0.15, 0.2) is 5.60 Å². The van der Waals surface area contributed by atoms with Crippen molar-refractivity contribution in [3.8, 4) is 0 Å². The summed E-state index contributed by atoms with van der Waals surface area (Å²) in [5.41, 5.74) is 0.869. The summed E-state index contributed by atoms with van der Waals surface area (Å²) in [6, 6.07) is 12.0. The molecular weight excluding hydrogens is 361 g/mol. The van der Waals surface area contributed by atoms with Crippen LogP contribution < -0.4 is 5.32 Å². The van der Waals surface area contributed by atoms with Crippen LogP contribution in [0.3, 0.4) is 0 Å². The Balaban J connectivity index is 1.78. The number of carbonyl (C=O) groups excluding carboxylic acids is 2. The van der Waals surface area contributed by atoms with Gasteiger partial charge in [-0.3, -0.25) is 4.79 Å². The molecule has 3 rings (SSSR count). The molecular formula is C19H17Cl2NO3. The van der Waals surface area contributed by atoms with Crippen molar-refractivity contribution < 1.29 is 14.3 Å². The molecule has 1 aliphatic heterocycles. The maximum absolute atomic E-state index is 12.8. The summed E-state index contributed by atoms with van der Waals surface area (Å²) in [7, 11) is 0. The first-order valence-electron chi connectivity index (χ1n) is 7.87. The molecule has 25 heavy (non-hydrogen) atoms. The predicted molar refractivity (Wildman–Crippen MR) is 97.0 cm³/mol. The predicted octanol–water partition coefficient (Wildman–Crippen LogP) is 4.34. The Morgan fingerprint density at radius 2 is 1.92 bits per heavy atom. The van der Waals surface area contributed by atoms with E-state index in [9.17, 15) is 9.59 Å². The Morgan fingerprint density at radius 3 is 2.64 bits per heavy atom. The average Bonchev–Trinajstić information content (AvgIpc) is 2.57. The summed E-state index contributed by atoms with van der Waals surface area (Å²) in [6.45, 7) is 3.46. The fraction of sp³-hybridized carbons (Fsp3) is 0.263. The van der Waals surface area contributed by atoms with E-state index in [-0.39, 0.29) is 11.9 Å². The molecule has 1 amide bonds. The van der Waals surface area contributed by atoms with Crippen molar-refractivity contribution >= 4 is 35.1 Å². The summed E-state index contributed by atoms with van der Waals surface area (Å²) >= 11 is 12.0. The molecule has 2 unspecified atom stereocenters. The molecule has 6 heteroatoms. The first kappa shape index (κ1) is 17.8. The van der Waals surface area contributed by atoms with Gasteiger partial charge in [0, 0.05) is 6.42 Å². The van der Waals surface area contributed by atoms with Crippen molar-refractivity contribution in [2.24, 2.45) is 0 Å². The third-order valence-corrected chi connectivity index (χ3v) is 5.09. The summed E-state index contributed by atoms with van der Waals surface area (Å²) in [4.78, 5) is 25.0. The number of hydrogen-bond donors (Lipinski definition) is 1. The van der Waals surface area contributed by atoms with Crippen molar-refractivity contribution in [1.29, 1.82) is 0 Å². The Labute approximate surface area is 156 Å². The van der Waals surface area contributed by atoms with E-state index in [1.807, 2.05) is 19.1 Å². The van der Waals surface area contributed by atoms with E-state index in [4.69, 9.17) is 27.9 Å². The van der Waals surface area contributed by atoms with Gasteiger partial charge in [0.05, 0.1) is 21.7 Å². The van der Waals surface area contributed by atoms with Gasteiger partial charge in [-0.15, -0.1) is 0 Å². The fourth-order valence-electron chi connectivity index (χ4n) is 2.87. The van der Waals surface area contributed by atoms with E-state index in [1.165, 1.54) is 0 Å². The molecule has 0 aromatic heterocycles.